The number of hydrogen-bond donors (Lipinski definition) is 5. The first-order chi connectivity index (χ1) is 10.1. The second kappa shape index (κ2) is 6.10. The molecule has 21 heavy (non-hydrogen) atoms. The lowest BCUT2D eigenvalue weighted by Gasteiger charge is -2.04. The molecule has 0 unspecified atom stereocenters. The second-order valence-electron chi connectivity index (χ2n) is 4.19. The van der Waals surface area contributed by atoms with E-state index in [0.717, 1.165) is 7.11 Å². The van der Waals surface area contributed by atoms with E-state index in [1.165, 1.54) is 0 Å². The number of aliphatic hydroxyl groups is 1. The molecule has 112 valence electrons. The lowest BCUT2D eigenvalue weighted by Crippen LogP contribution is -2.30. The summed E-state index contributed by atoms with van der Waals surface area (Å²) in [4.78, 5) is 30.6. The van der Waals surface area contributed by atoms with Gasteiger partial charge in [-0.15, -0.1) is 0 Å². The number of rotatable bonds is 0. The van der Waals surface area contributed by atoms with Gasteiger partial charge in [0.05, 0.1) is 4.60 Å². The standard InChI is InChI=1S/C11H10BrN5O2.CH4O/c12-6-3-5-4(7-10(19)17-11(13)16-7)1-2-14-9(18)8(5)15-6;1-2/h3,15H,1-2H2,(H,14,18)(H3,13,16,17,19);2H,1H3/b7-4-;. The number of hydrogen-bond acceptors (Lipinski definition) is 5. The zero-order valence-corrected chi connectivity index (χ0v) is 12.7. The van der Waals surface area contributed by atoms with Crippen molar-refractivity contribution in [2.45, 2.75) is 6.42 Å². The topological polar surface area (TPSA) is 133 Å². The summed E-state index contributed by atoms with van der Waals surface area (Å²) in [5, 5.41) is 12.2. The number of halogens is 1. The van der Waals surface area contributed by atoms with Gasteiger partial charge in [0.25, 0.3) is 11.8 Å². The molecule has 0 saturated heterocycles. The van der Waals surface area contributed by atoms with Crippen molar-refractivity contribution in [2.24, 2.45) is 10.7 Å². The van der Waals surface area contributed by atoms with Crippen molar-refractivity contribution in [3.8, 4) is 0 Å². The van der Waals surface area contributed by atoms with Crippen LogP contribution in [0.5, 0.6) is 0 Å². The van der Waals surface area contributed by atoms with Crippen LogP contribution in [0.15, 0.2) is 21.4 Å². The van der Waals surface area contributed by atoms with Gasteiger partial charge in [0.15, 0.2) is 0 Å². The molecule has 2 aliphatic rings. The van der Waals surface area contributed by atoms with Gasteiger partial charge in [0, 0.05) is 19.2 Å². The lowest BCUT2D eigenvalue weighted by atomic mass is 10.0. The van der Waals surface area contributed by atoms with E-state index in [1.54, 1.807) is 6.07 Å². The van der Waals surface area contributed by atoms with Crippen LogP contribution in [0.3, 0.4) is 0 Å². The Labute approximate surface area is 128 Å². The number of aliphatic imine (C=N–C) groups is 1. The van der Waals surface area contributed by atoms with E-state index >= 15 is 0 Å². The van der Waals surface area contributed by atoms with Gasteiger partial charge in [-0.05, 0) is 34.0 Å². The van der Waals surface area contributed by atoms with Crippen molar-refractivity contribution >= 4 is 39.3 Å². The highest BCUT2D eigenvalue weighted by Crippen LogP contribution is 2.31. The van der Waals surface area contributed by atoms with Gasteiger partial charge in [-0.3, -0.25) is 14.9 Å². The third kappa shape index (κ3) is 2.83. The van der Waals surface area contributed by atoms with Crippen molar-refractivity contribution in [1.82, 2.24) is 15.6 Å². The quantitative estimate of drug-likeness (QED) is 0.407. The number of carbonyl (C=O) groups excluding carboxylic acids is 2. The highest BCUT2D eigenvalue weighted by atomic mass is 79.9. The fraction of sp³-hybridized carbons (Fsp3) is 0.250. The van der Waals surface area contributed by atoms with Gasteiger partial charge in [-0.1, -0.05) is 0 Å². The molecule has 6 N–H and O–H groups in total. The van der Waals surface area contributed by atoms with Gasteiger partial charge in [0.2, 0.25) is 5.96 Å². The molecule has 0 bridgehead atoms. The van der Waals surface area contributed by atoms with Crippen molar-refractivity contribution in [3.05, 3.63) is 27.6 Å². The number of H-pyrrole nitrogens is 1. The Hall–Kier alpha value is -2.13. The first-order valence-corrected chi connectivity index (χ1v) is 6.86. The number of carbonyl (C=O) groups is 2. The van der Waals surface area contributed by atoms with E-state index in [-0.39, 0.29) is 23.5 Å². The van der Waals surface area contributed by atoms with Crippen LogP contribution in [-0.4, -0.2) is 41.5 Å². The normalized spacial score (nSPS) is 20.6. The third-order valence-electron chi connectivity index (χ3n) is 2.97. The largest absolute Gasteiger partial charge is 0.400 e. The van der Waals surface area contributed by atoms with Gasteiger partial charge >= 0.3 is 0 Å². The summed E-state index contributed by atoms with van der Waals surface area (Å²) in [6.45, 7) is 0.445. The van der Waals surface area contributed by atoms with Gasteiger partial charge in [-0.2, -0.15) is 0 Å². The second-order valence-corrected chi connectivity index (χ2v) is 5.04. The number of aliphatic hydroxyl groups excluding tert-OH is 1. The summed E-state index contributed by atoms with van der Waals surface area (Å²) in [5.41, 5.74) is 7.55. The summed E-state index contributed by atoms with van der Waals surface area (Å²) in [6.07, 6.45) is 0.516. The highest BCUT2D eigenvalue weighted by molar-refractivity contribution is 9.10. The Kier molecular flexibility index (Phi) is 4.43. The van der Waals surface area contributed by atoms with Crippen molar-refractivity contribution < 1.29 is 14.7 Å². The van der Waals surface area contributed by atoms with E-state index in [9.17, 15) is 9.59 Å². The van der Waals surface area contributed by atoms with E-state index < -0.39 is 0 Å². The minimum Gasteiger partial charge on any atom is -0.400 e. The van der Waals surface area contributed by atoms with Crippen molar-refractivity contribution in [1.29, 1.82) is 0 Å². The highest BCUT2D eigenvalue weighted by Gasteiger charge is 2.28. The first kappa shape index (κ1) is 15.3. The summed E-state index contributed by atoms with van der Waals surface area (Å²) < 4.78 is 0.669. The van der Waals surface area contributed by atoms with Crippen LogP contribution in [0.2, 0.25) is 0 Å². The van der Waals surface area contributed by atoms with Crippen molar-refractivity contribution in [2.75, 3.05) is 13.7 Å². The average molecular weight is 356 g/mol. The maximum Gasteiger partial charge on any atom is 0.277 e. The van der Waals surface area contributed by atoms with E-state index in [0.29, 0.717) is 34.4 Å². The number of nitrogens with zero attached hydrogens (tertiary/aromatic N) is 1. The number of nitrogens with one attached hydrogen (secondary N) is 3. The number of aromatic amines is 1. The van der Waals surface area contributed by atoms with Crippen molar-refractivity contribution in [3.63, 3.8) is 0 Å². The molecule has 1 aromatic heterocycles. The minimum absolute atomic E-state index is 0.0761. The van der Waals surface area contributed by atoms with Crippen LogP contribution in [0.1, 0.15) is 22.5 Å². The van der Waals surface area contributed by atoms with Crippen LogP contribution in [0, 0.1) is 0 Å². The molecule has 0 radical (unpaired) electrons. The Bertz CT molecular complexity index is 662. The number of aromatic nitrogens is 1. The predicted octanol–water partition coefficient (Wildman–Crippen LogP) is -0.325. The maximum atomic E-state index is 11.9. The molecule has 1 aromatic rings. The lowest BCUT2D eigenvalue weighted by molar-refractivity contribution is -0.115. The fourth-order valence-corrected chi connectivity index (χ4v) is 2.62. The molecule has 2 amide bonds. The Morgan fingerprint density at radius 2 is 2.05 bits per heavy atom. The average Bonchev–Trinajstić information content (AvgIpc) is 2.96. The molecule has 0 atom stereocenters. The van der Waals surface area contributed by atoms with Gasteiger partial charge in [-0.25, -0.2) is 4.99 Å². The molecule has 0 aromatic carbocycles. The number of nitrogens with two attached hydrogens (primary N) is 1. The molecule has 0 aliphatic carbocycles. The van der Waals surface area contributed by atoms with E-state index in [4.69, 9.17) is 10.8 Å². The Morgan fingerprint density at radius 3 is 2.67 bits per heavy atom. The summed E-state index contributed by atoms with van der Waals surface area (Å²) in [7, 11) is 1.00. The smallest absolute Gasteiger partial charge is 0.277 e. The molecule has 0 saturated carbocycles. The van der Waals surface area contributed by atoms with Gasteiger partial charge < -0.3 is 21.1 Å². The molecule has 0 fully saturated rings. The summed E-state index contributed by atoms with van der Waals surface area (Å²) in [6, 6.07) is 1.76. The fourth-order valence-electron chi connectivity index (χ4n) is 2.19. The van der Waals surface area contributed by atoms with Crippen LogP contribution in [0.25, 0.3) is 5.57 Å². The first-order valence-electron chi connectivity index (χ1n) is 6.06. The van der Waals surface area contributed by atoms with Gasteiger partial charge in [0.1, 0.15) is 11.4 Å². The third-order valence-corrected chi connectivity index (χ3v) is 3.40. The Balaban J connectivity index is 0.000000774. The maximum absolute atomic E-state index is 11.9. The molecular weight excluding hydrogens is 342 g/mol. The molecule has 2 aliphatic heterocycles. The zero-order valence-electron chi connectivity index (χ0n) is 11.2. The monoisotopic (exact) mass is 355 g/mol. The summed E-state index contributed by atoms with van der Waals surface area (Å²) in [5.74, 6) is -0.469. The minimum atomic E-state index is -0.342. The van der Waals surface area contributed by atoms with Crippen LogP contribution in [-0.2, 0) is 4.79 Å². The number of fused-ring (bicyclic) bond motifs is 1. The molecule has 0 spiro atoms. The van der Waals surface area contributed by atoms with E-state index in [2.05, 4.69) is 36.5 Å². The molecule has 3 heterocycles. The number of guanidine groups is 1. The Morgan fingerprint density at radius 1 is 1.33 bits per heavy atom. The predicted molar refractivity (Wildman–Crippen MR) is 80.3 cm³/mol. The number of amides is 2. The summed E-state index contributed by atoms with van der Waals surface area (Å²) >= 11 is 3.29. The molecule has 3 rings (SSSR count). The van der Waals surface area contributed by atoms with Crippen LogP contribution < -0.4 is 16.4 Å². The SMILES string of the molecule is CO.NC1=N/C(=C2/CCNC(=O)c3[nH]c(Br)cc32)C(=O)N1. The van der Waals surface area contributed by atoms with Crippen LogP contribution in [0.4, 0.5) is 0 Å². The van der Waals surface area contributed by atoms with Crippen LogP contribution >= 0.6 is 15.9 Å². The molecule has 9 heteroatoms. The molecule has 8 nitrogen and oxygen atoms in total. The van der Waals surface area contributed by atoms with E-state index in [1.807, 2.05) is 0 Å². The zero-order chi connectivity index (χ0) is 15.6. The molecular formula is C12H14BrN5O3.